The zero-order valence-electron chi connectivity index (χ0n) is 14.9. The lowest BCUT2D eigenvalue weighted by Crippen LogP contribution is -2.35. The number of rotatable bonds is 5. The van der Waals surface area contributed by atoms with Crippen molar-refractivity contribution in [1.29, 1.82) is 0 Å². The van der Waals surface area contributed by atoms with Gasteiger partial charge in [0, 0.05) is 36.9 Å². The van der Waals surface area contributed by atoms with Crippen molar-refractivity contribution in [3.8, 4) is 0 Å². The van der Waals surface area contributed by atoms with Gasteiger partial charge in [-0.05, 0) is 30.9 Å². The van der Waals surface area contributed by atoms with Crippen molar-refractivity contribution in [1.82, 2.24) is 14.7 Å². The third-order valence-corrected chi connectivity index (χ3v) is 5.46. The van der Waals surface area contributed by atoms with E-state index in [9.17, 15) is 9.59 Å². The van der Waals surface area contributed by atoms with Crippen LogP contribution in [0.4, 0.5) is 16.2 Å². The molecule has 0 bridgehead atoms. The summed E-state index contributed by atoms with van der Waals surface area (Å²) in [5.41, 5.74) is 2.59. The van der Waals surface area contributed by atoms with Crippen LogP contribution in [0.15, 0.2) is 46.8 Å². The number of carbonyl (C=O) groups excluding carboxylic acids is 1. The van der Waals surface area contributed by atoms with Crippen LogP contribution in [-0.2, 0) is 6.42 Å². The van der Waals surface area contributed by atoms with E-state index in [0.717, 1.165) is 32.4 Å². The molecule has 3 heterocycles. The highest BCUT2D eigenvalue weighted by Crippen LogP contribution is 2.26. The summed E-state index contributed by atoms with van der Waals surface area (Å²) in [7, 11) is 0. The van der Waals surface area contributed by atoms with Gasteiger partial charge >= 0.3 is 6.03 Å². The lowest BCUT2D eigenvalue weighted by atomic mass is 10.0. The highest BCUT2D eigenvalue weighted by atomic mass is 32.1. The molecule has 0 fully saturated rings. The van der Waals surface area contributed by atoms with E-state index in [4.69, 9.17) is 0 Å². The van der Waals surface area contributed by atoms with Crippen LogP contribution in [0.25, 0.3) is 4.96 Å². The minimum Gasteiger partial charge on any atom is -0.371 e. The molecule has 0 aliphatic carbocycles. The van der Waals surface area contributed by atoms with Crippen LogP contribution in [0.1, 0.15) is 18.4 Å². The first-order chi connectivity index (χ1) is 13.2. The molecule has 0 spiro atoms. The van der Waals surface area contributed by atoms with E-state index < -0.39 is 0 Å². The van der Waals surface area contributed by atoms with Gasteiger partial charge in [0.1, 0.15) is 5.69 Å². The minimum atomic E-state index is -0.386. The molecule has 0 atom stereocenters. The number of nitrogens with zero attached hydrogens (tertiary/aromatic N) is 3. The van der Waals surface area contributed by atoms with E-state index in [0.29, 0.717) is 11.5 Å². The van der Waals surface area contributed by atoms with Gasteiger partial charge in [0.05, 0.1) is 6.20 Å². The summed E-state index contributed by atoms with van der Waals surface area (Å²) in [4.78, 5) is 31.5. The summed E-state index contributed by atoms with van der Waals surface area (Å²) in [5.74, 6) is 0. The second kappa shape index (κ2) is 7.79. The zero-order chi connectivity index (χ0) is 18.6. The van der Waals surface area contributed by atoms with Crippen LogP contribution < -0.4 is 21.1 Å². The van der Waals surface area contributed by atoms with Gasteiger partial charge in [-0.15, -0.1) is 11.3 Å². The number of para-hydroxylation sites is 1. The van der Waals surface area contributed by atoms with Gasteiger partial charge in [-0.25, -0.2) is 9.78 Å². The Morgan fingerprint density at radius 2 is 2.19 bits per heavy atom. The lowest BCUT2D eigenvalue weighted by molar-refractivity contribution is 0.252. The maximum absolute atomic E-state index is 12.3. The number of amides is 2. The van der Waals surface area contributed by atoms with Crippen molar-refractivity contribution in [2.24, 2.45) is 0 Å². The van der Waals surface area contributed by atoms with E-state index in [1.54, 1.807) is 11.6 Å². The molecule has 0 saturated carbocycles. The van der Waals surface area contributed by atoms with Crippen molar-refractivity contribution >= 4 is 33.7 Å². The Kier molecular flexibility index (Phi) is 5.06. The quantitative estimate of drug-likeness (QED) is 0.664. The first-order valence-corrected chi connectivity index (χ1v) is 9.93. The third kappa shape index (κ3) is 3.80. The smallest absolute Gasteiger partial charge is 0.319 e. The minimum absolute atomic E-state index is 0.174. The van der Waals surface area contributed by atoms with Crippen LogP contribution in [0.3, 0.4) is 0 Å². The number of carbonyl (C=O) groups is 1. The first-order valence-electron chi connectivity index (χ1n) is 9.05. The maximum atomic E-state index is 12.3. The van der Waals surface area contributed by atoms with E-state index in [1.807, 2.05) is 0 Å². The Morgan fingerprint density at radius 3 is 3.11 bits per heavy atom. The molecule has 27 heavy (non-hydrogen) atoms. The fourth-order valence-corrected chi connectivity index (χ4v) is 4.07. The second-order valence-electron chi connectivity index (χ2n) is 6.49. The van der Waals surface area contributed by atoms with Gasteiger partial charge in [0.15, 0.2) is 4.96 Å². The molecule has 0 unspecified atom stereocenters. The zero-order valence-corrected chi connectivity index (χ0v) is 15.7. The summed E-state index contributed by atoms with van der Waals surface area (Å²) >= 11 is 1.37. The number of hydrogen-bond donors (Lipinski definition) is 2. The van der Waals surface area contributed by atoms with Crippen LogP contribution >= 0.6 is 11.3 Å². The van der Waals surface area contributed by atoms with E-state index in [-0.39, 0.29) is 17.3 Å². The standard InChI is InChI=1S/C19H21N5O2S/c25-17-15(13-21-19-24(17)11-12-27-19)22-18(26)20-8-4-10-23-9-3-6-14-5-1-2-7-16(14)23/h1-2,5,7,11-13H,3-4,6,8-10H2,(H2,20,22,26). The molecule has 1 aliphatic rings. The summed E-state index contributed by atoms with van der Waals surface area (Å²) in [6, 6.07) is 8.11. The van der Waals surface area contributed by atoms with E-state index in [1.165, 1.54) is 33.2 Å². The van der Waals surface area contributed by atoms with Gasteiger partial charge in [-0.2, -0.15) is 0 Å². The summed E-state index contributed by atoms with van der Waals surface area (Å²) in [6.07, 6.45) is 6.17. The number of benzene rings is 1. The normalized spacial score (nSPS) is 13.4. The number of urea groups is 1. The average molecular weight is 383 g/mol. The van der Waals surface area contributed by atoms with Crippen molar-refractivity contribution < 1.29 is 4.79 Å². The monoisotopic (exact) mass is 383 g/mol. The molecule has 1 aliphatic heterocycles. The maximum Gasteiger partial charge on any atom is 0.319 e. The van der Waals surface area contributed by atoms with Crippen molar-refractivity contribution in [2.45, 2.75) is 19.3 Å². The van der Waals surface area contributed by atoms with Crippen molar-refractivity contribution in [2.75, 3.05) is 29.9 Å². The van der Waals surface area contributed by atoms with Crippen molar-refractivity contribution in [3.63, 3.8) is 0 Å². The van der Waals surface area contributed by atoms with Crippen LogP contribution in [0, 0.1) is 0 Å². The predicted molar refractivity (Wildman–Crippen MR) is 108 cm³/mol. The largest absolute Gasteiger partial charge is 0.371 e. The number of aryl methyl sites for hydroxylation is 1. The highest BCUT2D eigenvalue weighted by molar-refractivity contribution is 7.15. The van der Waals surface area contributed by atoms with Gasteiger partial charge in [-0.1, -0.05) is 18.2 Å². The number of fused-ring (bicyclic) bond motifs is 2. The number of hydrogen-bond acceptors (Lipinski definition) is 5. The van der Waals surface area contributed by atoms with Gasteiger partial charge in [-0.3, -0.25) is 9.20 Å². The van der Waals surface area contributed by atoms with Crippen LogP contribution in [0.2, 0.25) is 0 Å². The molecule has 1 aromatic carbocycles. The summed E-state index contributed by atoms with van der Waals surface area (Å²) < 4.78 is 1.42. The molecular weight excluding hydrogens is 362 g/mol. The Morgan fingerprint density at radius 1 is 1.30 bits per heavy atom. The average Bonchev–Trinajstić information content (AvgIpc) is 3.17. The fraction of sp³-hybridized carbons (Fsp3) is 0.316. The molecule has 3 aromatic rings. The topological polar surface area (TPSA) is 78.7 Å². The Balaban J connectivity index is 1.28. The summed E-state index contributed by atoms with van der Waals surface area (Å²) in [5, 5.41) is 7.19. The SMILES string of the molecule is O=C(NCCCN1CCCc2ccccc21)Nc1cnc2sccn2c1=O. The summed E-state index contributed by atoms with van der Waals surface area (Å²) in [6.45, 7) is 2.48. The molecule has 140 valence electrons. The Bertz CT molecular complexity index is 1010. The predicted octanol–water partition coefficient (Wildman–Crippen LogP) is 2.72. The fourth-order valence-electron chi connectivity index (χ4n) is 3.39. The molecule has 0 saturated heterocycles. The van der Waals surface area contributed by atoms with E-state index in [2.05, 4.69) is 44.8 Å². The Hall–Kier alpha value is -2.87. The molecule has 2 amide bonds. The first kappa shape index (κ1) is 17.5. The van der Waals surface area contributed by atoms with Crippen LogP contribution in [-0.4, -0.2) is 35.1 Å². The molecule has 4 rings (SSSR count). The second-order valence-corrected chi connectivity index (χ2v) is 7.36. The number of aromatic nitrogens is 2. The lowest BCUT2D eigenvalue weighted by Gasteiger charge is -2.31. The van der Waals surface area contributed by atoms with E-state index >= 15 is 0 Å². The van der Waals surface area contributed by atoms with Gasteiger partial charge < -0.3 is 15.5 Å². The highest BCUT2D eigenvalue weighted by Gasteiger charge is 2.15. The number of nitrogens with one attached hydrogen (secondary N) is 2. The van der Waals surface area contributed by atoms with Gasteiger partial charge in [0.2, 0.25) is 0 Å². The van der Waals surface area contributed by atoms with Gasteiger partial charge in [0.25, 0.3) is 5.56 Å². The third-order valence-electron chi connectivity index (χ3n) is 4.69. The number of anilines is 2. The Labute approximate surface area is 160 Å². The molecule has 0 radical (unpaired) electrons. The molecular formula is C19H21N5O2S. The molecule has 2 N–H and O–H groups in total. The van der Waals surface area contributed by atoms with Crippen molar-refractivity contribution in [3.05, 3.63) is 58.0 Å². The molecule has 7 nitrogen and oxygen atoms in total. The molecule has 2 aromatic heterocycles. The van der Waals surface area contributed by atoms with Crippen LogP contribution in [0.5, 0.6) is 0 Å². The molecule has 8 heteroatoms. The number of thiazole rings is 1.